The lowest BCUT2D eigenvalue weighted by molar-refractivity contribution is 0.185. The van der Waals surface area contributed by atoms with Gasteiger partial charge in [0.1, 0.15) is 0 Å². The minimum atomic E-state index is -2.87. The van der Waals surface area contributed by atoms with Gasteiger partial charge in [-0.3, -0.25) is 0 Å². The molecule has 2 fully saturated rings. The van der Waals surface area contributed by atoms with Crippen LogP contribution in [0.15, 0.2) is 0 Å². The van der Waals surface area contributed by atoms with Crippen molar-refractivity contribution in [3.63, 3.8) is 0 Å². The van der Waals surface area contributed by atoms with E-state index in [1.165, 1.54) is 45.2 Å². The molecule has 1 saturated carbocycles. The molecule has 5 heteroatoms. The number of hydrogen-bond acceptors (Lipinski definition) is 2. The largest absolute Gasteiger partial charge is 0.692 e. The number of nitrogens with one attached hydrogen (secondary N) is 1. The Balaban J connectivity index is 0.000000213. The first-order chi connectivity index (χ1) is 6.70. The van der Waals surface area contributed by atoms with E-state index in [-0.39, 0.29) is 0 Å². The molecular weight excluding hydrogens is 201 g/mol. The highest BCUT2D eigenvalue weighted by Gasteiger charge is 2.26. The van der Waals surface area contributed by atoms with Crippen LogP contribution in [-0.4, -0.2) is 22.9 Å². The fourth-order valence-electron chi connectivity index (χ4n) is 2.51. The topological polar surface area (TPSA) is 69.6 Å². The third-order valence-corrected chi connectivity index (χ3v) is 3.16. The highest BCUT2D eigenvalue weighted by atomic mass is 31.1. The number of fused-ring (bicyclic) bond motifs is 1. The Kier molecular flexibility index (Phi) is 5.56. The molecule has 0 aromatic carbocycles. The SMILES string of the molecule is C1CCC2CNCCC2C1.O=[P+](O)O. The maximum absolute atomic E-state index is 8.70. The van der Waals surface area contributed by atoms with Crippen molar-refractivity contribution in [1.82, 2.24) is 5.32 Å². The zero-order valence-electron chi connectivity index (χ0n) is 8.35. The van der Waals surface area contributed by atoms with E-state index in [0.717, 1.165) is 11.8 Å². The third-order valence-electron chi connectivity index (χ3n) is 3.16. The predicted octanol–water partition coefficient (Wildman–Crippen LogP) is 1.41. The van der Waals surface area contributed by atoms with Crippen LogP contribution in [0.4, 0.5) is 0 Å². The second kappa shape index (κ2) is 6.46. The standard InChI is InChI=1S/C9H17N.HO3P/c1-2-4-9-7-10-6-5-8(9)3-1;1-4(2)3/h8-10H,1-7H2;(H-,1,2,3)/p+1. The molecule has 1 aliphatic carbocycles. The molecule has 0 amide bonds. The van der Waals surface area contributed by atoms with Gasteiger partial charge >= 0.3 is 8.25 Å². The molecule has 2 aliphatic rings. The van der Waals surface area contributed by atoms with E-state index in [4.69, 9.17) is 14.4 Å². The Hall–Kier alpha value is -0.0200. The first-order valence-corrected chi connectivity index (χ1v) is 6.42. The summed E-state index contributed by atoms with van der Waals surface area (Å²) in [6.07, 6.45) is 7.46. The van der Waals surface area contributed by atoms with Crippen LogP contribution >= 0.6 is 8.25 Å². The van der Waals surface area contributed by atoms with Gasteiger partial charge in [-0.05, 0) is 37.8 Å². The molecular formula is C9H19NO3P+. The summed E-state index contributed by atoms with van der Waals surface area (Å²) in [5.74, 6) is 2.14. The van der Waals surface area contributed by atoms with Crippen LogP contribution in [-0.2, 0) is 4.57 Å². The highest BCUT2D eigenvalue weighted by molar-refractivity contribution is 7.30. The number of hydrogen-bond donors (Lipinski definition) is 3. The van der Waals surface area contributed by atoms with Gasteiger partial charge in [0.25, 0.3) is 0 Å². The molecule has 1 saturated heterocycles. The minimum Gasteiger partial charge on any atom is -0.316 e. The van der Waals surface area contributed by atoms with E-state index in [2.05, 4.69) is 5.32 Å². The molecule has 0 aromatic rings. The molecule has 14 heavy (non-hydrogen) atoms. The lowest BCUT2D eigenvalue weighted by Gasteiger charge is -2.35. The fraction of sp³-hybridized carbons (Fsp3) is 1.00. The maximum atomic E-state index is 8.70. The summed E-state index contributed by atoms with van der Waals surface area (Å²) >= 11 is 0. The van der Waals surface area contributed by atoms with Crippen LogP contribution in [0, 0.1) is 11.8 Å². The summed E-state index contributed by atoms with van der Waals surface area (Å²) in [5, 5.41) is 3.48. The zero-order valence-corrected chi connectivity index (χ0v) is 9.25. The summed E-state index contributed by atoms with van der Waals surface area (Å²) in [6, 6.07) is 0. The fourth-order valence-corrected chi connectivity index (χ4v) is 2.51. The second-order valence-corrected chi connectivity index (χ2v) is 4.56. The van der Waals surface area contributed by atoms with E-state index >= 15 is 0 Å². The average Bonchev–Trinajstić information content (AvgIpc) is 2.17. The zero-order chi connectivity index (χ0) is 10.4. The quantitative estimate of drug-likeness (QED) is 0.540. The summed E-state index contributed by atoms with van der Waals surface area (Å²) in [6.45, 7) is 2.59. The maximum Gasteiger partial charge on any atom is 0.692 e. The molecule has 4 nitrogen and oxygen atoms in total. The molecule has 0 bridgehead atoms. The van der Waals surface area contributed by atoms with Crippen LogP contribution in [0.5, 0.6) is 0 Å². The first-order valence-electron chi connectivity index (χ1n) is 5.26. The first kappa shape index (κ1) is 12.1. The molecule has 0 spiro atoms. The molecule has 0 aromatic heterocycles. The molecule has 3 N–H and O–H groups in total. The van der Waals surface area contributed by atoms with Gasteiger partial charge in [-0.25, -0.2) is 0 Å². The summed E-state index contributed by atoms with van der Waals surface area (Å²) in [7, 11) is -2.87. The molecule has 1 aliphatic heterocycles. The monoisotopic (exact) mass is 220 g/mol. The van der Waals surface area contributed by atoms with Gasteiger partial charge in [0.05, 0.1) is 0 Å². The van der Waals surface area contributed by atoms with E-state index in [1.807, 2.05) is 0 Å². The van der Waals surface area contributed by atoms with Crippen molar-refractivity contribution in [1.29, 1.82) is 0 Å². The van der Waals surface area contributed by atoms with Crippen molar-refractivity contribution in [2.45, 2.75) is 32.1 Å². The summed E-state index contributed by atoms with van der Waals surface area (Å²) < 4.78 is 8.70. The van der Waals surface area contributed by atoms with E-state index in [9.17, 15) is 0 Å². The Bertz CT molecular complexity index is 159. The van der Waals surface area contributed by atoms with Gasteiger partial charge in [-0.2, -0.15) is 0 Å². The molecule has 0 radical (unpaired) electrons. The van der Waals surface area contributed by atoms with Crippen LogP contribution in [0.2, 0.25) is 0 Å². The Morgan fingerprint density at radius 3 is 2.21 bits per heavy atom. The lowest BCUT2D eigenvalue weighted by Crippen LogP contribution is -2.38. The van der Waals surface area contributed by atoms with Gasteiger partial charge in [0, 0.05) is 4.57 Å². The molecule has 2 unspecified atom stereocenters. The third kappa shape index (κ3) is 4.47. The molecule has 2 rings (SSSR count). The van der Waals surface area contributed by atoms with Gasteiger partial charge < -0.3 is 5.32 Å². The van der Waals surface area contributed by atoms with Crippen molar-refractivity contribution >= 4 is 8.25 Å². The molecule has 1 heterocycles. The van der Waals surface area contributed by atoms with E-state index in [1.54, 1.807) is 0 Å². The van der Waals surface area contributed by atoms with Crippen LogP contribution in [0.1, 0.15) is 32.1 Å². The predicted molar refractivity (Wildman–Crippen MR) is 55.0 cm³/mol. The van der Waals surface area contributed by atoms with Crippen molar-refractivity contribution in [3.8, 4) is 0 Å². The Labute approximate surface area is 85.7 Å². The highest BCUT2D eigenvalue weighted by Crippen LogP contribution is 2.33. The van der Waals surface area contributed by atoms with E-state index in [0.29, 0.717) is 0 Å². The molecule has 82 valence electrons. The normalized spacial score (nSPS) is 31.0. The van der Waals surface area contributed by atoms with Gasteiger partial charge in [0.2, 0.25) is 0 Å². The van der Waals surface area contributed by atoms with Crippen LogP contribution in [0.25, 0.3) is 0 Å². The average molecular weight is 220 g/mol. The van der Waals surface area contributed by atoms with Gasteiger partial charge in [0.15, 0.2) is 0 Å². The number of rotatable bonds is 0. The van der Waals surface area contributed by atoms with E-state index < -0.39 is 8.25 Å². The van der Waals surface area contributed by atoms with Crippen LogP contribution < -0.4 is 5.32 Å². The van der Waals surface area contributed by atoms with Crippen molar-refractivity contribution in [3.05, 3.63) is 0 Å². The smallest absolute Gasteiger partial charge is 0.316 e. The summed E-state index contributed by atoms with van der Waals surface area (Å²) in [5.41, 5.74) is 0. The Morgan fingerprint density at radius 2 is 1.64 bits per heavy atom. The Morgan fingerprint density at radius 1 is 1.07 bits per heavy atom. The van der Waals surface area contributed by atoms with Crippen molar-refractivity contribution < 1.29 is 14.4 Å². The van der Waals surface area contributed by atoms with Gasteiger partial charge in [-0.1, -0.05) is 19.3 Å². The second-order valence-electron chi connectivity index (χ2n) is 4.05. The number of piperidine rings is 1. The van der Waals surface area contributed by atoms with Gasteiger partial charge in [-0.15, -0.1) is 9.79 Å². The lowest BCUT2D eigenvalue weighted by atomic mass is 9.76. The minimum absolute atomic E-state index is 1.04. The summed E-state index contributed by atoms with van der Waals surface area (Å²) in [4.78, 5) is 14.2. The van der Waals surface area contributed by atoms with Crippen molar-refractivity contribution in [2.24, 2.45) is 11.8 Å². The van der Waals surface area contributed by atoms with Crippen LogP contribution in [0.3, 0.4) is 0 Å². The molecule has 2 atom stereocenters. The van der Waals surface area contributed by atoms with Crippen molar-refractivity contribution in [2.75, 3.05) is 13.1 Å².